The molecule has 0 radical (unpaired) electrons. The molecule has 0 fully saturated rings. The highest BCUT2D eigenvalue weighted by Gasteiger charge is 2.20. The maximum absolute atomic E-state index is 11.7. The molecule has 0 aliphatic heterocycles. The summed E-state index contributed by atoms with van der Waals surface area (Å²) in [6.07, 6.45) is 0. The van der Waals surface area contributed by atoms with E-state index < -0.39 is 0 Å². The van der Waals surface area contributed by atoms with Crippen molar-refractivity contribution in [2.24, 2.45) is 0 Å². The van der Waals surface area contributed by atoms with Crippen LogP contribution in [0.4, 0.5) is 5.69 Å². The van der Waals surface area contributed by atoms with Crippen LogP contribution in [0.1, 0.15) is 0 Å². The lowest BCUT2D eigenvalue weighted by Gasteiger charge is -2.14. The number of benzene rings is 5. The fraction of sp³-hybridized carbons (Fsp3) is 0. The average Bonchev–Trinajstić information content (AvgIpc) is 2.72. The van der Waals surface area contributed by atoms with Gasteiger partial charge in [-0.2, -0.15) is 0 Å². The number of rotatable bonds is 2. The van der Waals surface area contributed by atoms with E-state index in [4.69, 9.17) is 11.6 Å². The third kappa shape index (κ3) is 2.52. The van der Waals surface area contributed by atoms with Crippen LogP contribution in [0.2, 0.25) is 5.02 Å². The minimum atomic E-state index is -0.349. The number of nitro groups is 1. The minimum Gasteiger partial charge on any atom is -0.258 e. The molecule has 0 atom stereocenters. The number of nitrogens with zero attached hydrogens (tertiary/aromatic N) is 1. The smallest absolute Gasteiger partial charge is 0.258 e. The summed E-state index contributed by atoms with van der Waals surface area (Å²) in [5, 5.41) is 18.6. The second-order valence-electron chi connectivity index (χ2n) is 6.77. The van der Waals surface area contributed by atoms with Crippen molar-refractivity contribution >= 4 is 49.6 Å². The highest BCUT2D eigenvalue weighted by molar-refractivity contribution is 6.31. The van der Waals surface area contributed by atoms with Gasteiger partial charge in [0.2, 0.25) is 0 Å². The average molecular weight is 384 g/mol. The second kappa shape index (κ2) is 6.32. The van der Waals surface area contributed by atoms with Crippen LogP contribution in [-0.4, -0.2) is 4.92 Å². The van der Waals surface area contributed by atoms with Gasteiger partial charge in [0.1, 0.15) is 0 Å². The van der Waals surface area contributed by atoms with Gasteiger partial charge in [0.15, 0.2) is 0 Å². The van der Waals surface area contributed by atoms with Crippen molar-refractivity contribution in [2.75, 3.05) is 0 Å². The van der Waals surface area contributed by atoms with Gasteiger partial charge in [-0.05, 0) is 56.1 Å². The lowest BCUT2D eigenvalue weighted by Crippen LogP contribution is -1.94. The Labute approximate surface area is 165 Å². The third-order valence-electron chi connectivity index (χ3n) is 5.19. The quantitative estimate of drug-likeness (QED) is 0.181. The Morgan fingerprint density at radius 3 is 2.18 bits per heavy atom. The van der Waals surface area contributed by atoms with Gasteiger partial charge in [0.05, 0.1) is 10.5 Å². The van der Waals surface area contributed by atoms with Crippen LogP contribution in [0.15, 0.2) is 84.9 Å². The molecule has 5 aromatic carbocycles. The molecule has 4 heteroatoms. The summed E-state index contributed by atoms with van der Waals surface area (Å²) in [6, 6.07) is 27.2. The highest BCUT2D eigenvalue weighted by atomic mass is 35.5. The van der Waals surface area contributed by atoms with Gasteiger partial charge in [-0.3, -0.25) is 10.1 Å². The molecule has 0 unspecified atom stereocenters. The Morgan fingerprint density at radius 2 is 1.39 bits per heavy atom. The lowest BCUT2D eigenvalue weighted by molar-refractivity contribution is -0.384. The molecule has 5 rings (SSSR count). The van der Waals surface area contributed by atoms with Gasteiger partial charge in [-0.15, -0.1) is 0 Å². The molecule has 0 bridgehead atoms. The van der Waals surface area contributed by atoms with Crippen molar-refractivity contribution in [1.29, 1.82) is 0 Å². The molecule has 5 aromatic rings. The maximum Gasteiger partial charge on any atom is 0.277 e. The molecule has 0 aromatic heterocycles. The van der Waals surface area contributed by atoms with E-state index in [-0.39, 0.29) is 10.6 Å². The van der Waals surface area contributed by atoms with E-state index in [1.807, 2.05) is 36.4 Å². The molecule has 0 amide bonds. The molecule has 0 saturated heterocycles. The van der Waals surface area contributed by atoms with E-state index in [9.17, 15) is 10.1 Å². The van der Waals surface area contributed by atoms with E-state index >= 15 is 0 Å². The normalized spacial score (nSPS) is 11.3. The van der Waals surface area contributed by atoms with E-state index in [2.05, 4.69) is 30.3 Å². The topological polar surface area (TPSA) is 43.1 Å². The van der Waals surface area contributed by atoms with Gasteiger partial charge in [-0.1, -0.05) is 72.3 Å². The van der Waals surface area contributed by atoms with Crippen LogP contribution in [-0.2, 0) is 0 Å². The van der Waals surface area contributed by atoms with Crippen LogP contribution in [0.25, 0.3) is 43.4 Å². The van der Waals surface area contributed by atoms with E-state index in [0.717, 1.165) is 37.9 Å². The number of hydrogen-bond donors (Lipinski definition) is 0. The monoisotopic (exact) mass is 383 g/mol. The maximum atomic E-state index is 11.7. The predicted molar refractivity (Wildman–Crippen MR) is 116 cm³/mol. The number of nitro benzene ring substituents is 1. The summed E-state index contributed by atoms with van der Waals surface area (Å²) in [5.41, 5.74) is 1.40. The van der Waals surface area contributed by atoms with Crippen LogP contribution in [0.3, 0.4) is 0 Å². The molecular weight excluding hydrogens is 370 g/mol. The van der Waals surface area contributed by atoms with Crippen LogP contribution in [0.5, 0.6) is 0 Å². The molecular formula is C24H14ClNO2. The Kier molecular flexibility index (Phi) is 3.78. The molecule has 0 heterocycles. The zero-order valence-electron chi connectivity index (χ0n) is 14.7. The summed E-state index contributed by atoms with van der Waals surface area (Å²) in [4.78, 5) is 11.4. The number of fused-ring (bicyclic) bond motifs is 5. The van der Waals surface area contributed by atoms with Crippen molar-refractivity contribution in [1.82, 2.24) is 0 Å². The molecule has 0 aliphatic carbocycles. The first-order valence-electron chi connectivity index (χ1n) is 8.91. The van der Waals surface area contributed by atoms with Crippen LogP contribution < -0.4 is 0 Å². The Morgan fingerprint density at radius 1 is 0.679 bits per heavy atom. The van der Waals surface area contributed by atoms with Crippen molar-refractivity contribution in [3.05, 3.63) is 100 Å². The molecule has 3 nitrogen and oxygen atoms in total. The second-order valence-corrected chi connectivity index (χ2v) is 7.21. The predicted octanol–water partition coefficient (Wildman–Crippen LogP) is 7.37. The first-order chi connectivity index (χ1) is 13.6. The summed E-state index contributed by atoms with van der Waals surface area (Å²) in [5.74, 6) is 0. The van der Waals surface area contributed by atoms with Gasteiger partial charge in [0.25, 0.3) is 5.69 Å². The van der Waals surface area contributed by atoms with E-state index in [0.29, 0.717) is 10.6 Å². The molecule has 0 aliphatic rings. The highest BCUT2D eigenvalue weighted by Crippen LogP contribution is 2.42. The van der Waals surface area contributed by atoms with E-state index in [1.165, 1.54) is 6.07 Å². The fourth-order valence-electron chi connectivity index (χ4n) is 3.98. The van der Waals surface area contributed by atoms with Crippen molar-refractivity contribution in [3.63, 3.8) is 0 Å². The minimum absolute atomic E-state index is 0.0499. The molecule has 0 spiro atoms. The first kappa shape index (κ1) is 16.7. The molecule has 134 valence electrons. The Balaban J connectivity index is 2.05. The Hall–Kier alpha value is -3.43. The molecule has 0 saturated carbocycles. The molecule has 0 N–H and O–H groups in total. The summed E-state index contributed by atoms with van der Waals surface area (Å²) < 4.78 is 0. The largest absolute Gasteiger partial charge is 0.277 e. The van der Waals surface area contributed by atoms with Crippen molar-refractivity contribution < 1.29 is 4.92 Å². The van der Waals surface area contributed by atoms with Crippen LogP contribution in [0, 0.1) is 10.1 Å². The van der Waals surface area contributed by atoms with Crippen molar-refractivity contribution in [3.8, 4) is 11.1 Å². The molecule has 28 heavy (non-hydrogen) atoms. The van der Waals surface area contributed by atoms with E-state index in [1.54, 1.807) is 12.1 Å². The van der Waals surface area contributed by atoms with Crippen molar-refractivity contribution in [2.45, 2.75) is 0 Å². The third-order valence-corrected chi connectivity index (χ3v) is 5.43. The summed E-state index contributed by atoms with van der Waals surface area (Å²) >= 11 is 6.24. The standard InChI is InChI=1S/C24H14ClNO2/c25-17-10-12-23(26(27)28)21(14-17)22-13-16-6-2-3-7-18(16)20-11-9-15-5-1-4-8-19(15)24(20)22/h1-14H. The Bertz CT molecular complexity index is 1410. The summed E-state index contributed by atoms with van der Waals surface area (Å²) in [7, 11) is 0. The SMILES string of the molecule is O=[N+]([O-])c1ccc(Cl)cc1-c1cc2ccccc2c2ccc3ccccc3c12. The van der Waals surface area contributed by atoms with Gasteiger partial charge >= 0.3 is 0 Å². The number of hydrogen-bond acceptors (Lipinski definition) is 2. The first-order valence-corrected chi connectivity index (χ1v) is 9.29. The zero-order chi connectivity index (χ0) is 19.3. The van der Waals surface area contributed by atoms with Crippen LogP contribution >= 0.6 is 11.6 Å². The van der Waals surface area contributed by atoms with Gasteiger partial charge in [0, 0.05) is 11.1 Å². The zero-order valence-corrected chi connectivity index (χ0v) is 15.5. The lowest BCUT2D eigenvalue weighted by atomic mass is 9.89. The van der Waals surface area contributed by atoms with Gasteiger partial charge < -0.3 is 0 Å². The summed E-state index contributed by atoms with van der Waals surface area (Å²) in [6.45, 7) is 0. The fourth-order valence-corrected chi connectivity index (χ4v) is 4.15. The number of halogens is 1. The van der Waals surface area contributed by atoms with Gasteiger partial charge in [-0.25, -0.2) is 0 Å².